The smallest absolute Gasteiger partial charge is 0.223 e. The SMILES string of the molecule is CC(C(N)=S)S(=O)(=O)N(C)Cc1ccsc1. The van der Waals surface area contributed by atoms with Crippen LogP contribution in [0.5, 0.6) is 0 Å². The van der Waals surface area contributed by atoms with E-state index >= 15 is 0 Å². The molecule has 0 amide bonds. The van der Waals surface area contributed by atoms with Gasteiger partial charge in [-0.25, -0.2) is 8.42 Å². The summed E-state index contributed by atoms with van der Waals surface area (Å²) in [6.45, 7) is 1.85. The molecule has 0 spiro atoms. The lowest BCUT2D eigenvalue weighted by atomic mass is 10.3. The largest absolute Gasteiger partial charge is 0.392 e. The zero-order valence-electron chi connectivity index (χ0n) is 9.08. The van der Waals surface area contributed by atoms with Crippen LogP contribution in [-0.2, 0) is 16.6 Å². The highest BCUT2D eigenvalue weighted by Gasteiger charge is 2.27. The van der Waals surface area contributed by atoms with E-state index in [-0.39, 0.29) is 4.99 Å². The van der Waals surface area contributed by atoms with Gasteiger partial charge in [-0.3, -0.25) is 0 Å². The first-order chi connectivity index (χ1) is 7.35. The summed E-state index contributed by atoms with van der Waals surface area (Å²) in [5.74, 6) is 0. The van der Waals surface area contributed by atoms with Crippen molar-refractivity contribution in [1.29, 1.82) is 0 Å². The van der Waals surface area contributed by atoms with E-state index in [1.807, 2.05) is 16.8 Å². The van der Waals surface area contributed by atoms with E-state index in [4.69, 9.17) is 18.0 Å². The first kappa shape index (κ1) is 13.6. The first-order valence-corrected chi connectivity index (χ1v) is 7.46. The fourth-order valence-corrected chi connectivity index (χ4v) is 3.33. The molecular weight excluding hydrogens is 264 g/mol. The molecule has 0 fully saturated rings. The lowest BCUT2D eigenvalue weighted by molar-refractivity contribution is 0.464. The van der Waals surface area contributed by atoms with Crippen LogP contribution in [0.2, 0.25) is 0 Å². The Balaban J connectivity index is 2.81. The highest BCUT2D eigenvalue weighted by Crippen LogP contribution is 2.14. The van der Waals surface area contributed by atoms with Gasteiger partial charge in [-0.15, -0.1) is 0 Å². The molecule has 1 unspecified atom stereocenters. The third-order valence-electron chi connectivity index (χ3n) is 2.27. The molecule has 0 saturated heterocycles. The number of thiophene rings is 1. The number of hydrogen-bond acceptors (Lipinski definition) is 4. The van der Waals surface area contributed by atoms with Crippen LogP contribution in [0.1, 0.15) is 12.5 Å². The van der Waals surface area contributed by atoms with Gasteiger partial charge in [-0.2, -0.15) is 15.6 Å². The van der Waals surface area contributed by atoms with Gasteiger partial charge in [0.25, 0.3) is 0 Å². The quantitative estimate of drug-likeness (QED) is 0.822. The first-order valence-electron chi connectivity index (χ1n) is 4.61. The van der Waals surface area contributed by atoms with E-state index in [9.17, 15) is 8.42 Å². The van der Waals surface area contributed by atoms with E-state index in [2.05, 4.69) is 0 Å². The number of thiocarbonyl (C=S) groups is 1. The molecule has 1 atom stereocenters. The molecule has 7 heteroatoms. The molecule has 90 valence electrons. The van der Waals surface area contributed by atoms with Gasteiger partial charge in [0.15, 0.2) is 0 Å². The minimum atomic E-state index is -3.44. The second kappa shape index (κ2) is 5.22. The maximum Gasteiger partial charge on any atom is 0.223 e. The van der Waals surface area contributed by atoms with Crippen molar-refractivity contribution in [1.82, 2.24) is 4.31 Å². The Labute approximate surface area is 105 Å². The van der Waals surface area contributed by atoms with Gasteiger partial charge in [0.1, 0.15) is 5.25 Å². The fourth-order valence-electron chi connectivity index (χ4n) is 1.15. The predicted molar refractivity (Wildman–Crippen MR) is 71.0 cm³/mol. The highest BCUT2D eigenvalue weighted by atomic mass is 32.2. The Bertz CT molecular complexity index is 453. The maximum atomic E-state index is 12.0. The number of sulfonamides is 1. The Morgan fingerprint density at radius 2 is 2.31 bits per heavy atom. The van der Waals surface area contributed by atoms with Gasteiger partial charge < -0.3 is 5.73 Å². The van der Waals surface area contributed by atoms with Crippen LogP contribution in [0.3, 0.4) is 0 Å². The molecular formula is C9H14N2O2S3. The number of nitrogens with zero attached hydrogens (tertiary/aromatic N) is 1. The molecule has 1 heterocycles. The summed E-state index contributed by atoms with van der Waals surface area (Å²) in [4.78, 5) is -0.00262. The third kappa shape index (κ3) is 3.00. The molecule has 1 aromatic heterocycles. The van der Waals surface area contributed by atoms with Gasteiger partial charge in [0.05, 0.1) is 4.99 Å². The van der Waals surface area contributed by atoms with Crippen molar-refractivity contribution in [3.8, 4) is 0 Å². The standard InChI is InChI=1S/C9H14N2O2S3/c1-7(9(10)14)16(12,13)11(2)5-8-3-4-15-6-8/h3-4,6-7H,5H2,1-2H3,(H2,10,14). The Hall–Kier alpha value is -0.500. The van der Waals surface area contributed by atoms with Gasteiger partial charge in [-0.05, 0) is 29.3 Å². The second-order valence-electron chi connectivity index (χ2n) is 3.48. The average Bonchev–Trinajstić information content (AvgIpc) is 2.68. The lowest BCUT2D eigenvalue weighted by Crippen LogP contribution is -2.40. The molecule has 16 heavy (non-hydrogen) atoms. The van der Waals surface area contributed by atoms with E-state index in [0.29, 0.717) is 6.54 Å². The van der Waals surface area contributed by atoms with Crippen molar-refractivity contribution in [2.24, 2.45) is 5.73 Å². The molecule has 0 radical (unpaired) electrons. The zero-order chi connectivity index (χ0) is 12.3. The van der Waals surface area contributed by atoms with Crippen molar-refractivity contribution < 1.29 is 8.42 Å². The second-order valence-corrected chi connectivity index (χ2v) is 7.09. The zero-order valence-corrected chi connectivity index (χ0v) is 11.5. The summed E-state index contributed by atoms with van der Waals surface area (Å²) >= 11 is 6.24. The third-order valence-corrected chi connectivity index (χ3v) is 5.65. The van der Waals surface area contributed by atoms with Crippen molar-refractivity contribution in [2.75, 3.05) is 7.05 Å². The normalized spacial score (nSPS) is 13.9. The van der Waals surface area contributed by atoms with Gasteiger partial charge in [0.2, 0.25) is 10.0 Å². The summed E-state index contributed by atoms with van der Waals surface area (Å²) < 4.78 is 25.2. The maximum absolute atomic E-state index is 12.0. The minimum Gasteiger partial charge on any atom is -0.392 e. The van der Waals surface area contributed by atoms with Crippen LogP contribution < -0.4 is 5.73 Å². The van der Waals surface area contributed by atoms with Crippen LogP contribution >= 0.6 is 23.6 Å². The van der Waals surface area contributed by atoms with Gasteiger partial charge in [-0.1, -0.05) is 12.2 Å². The van der Waals surface area contributed by atoms with Crippen molar-refractivity contribution in [3.05, 3.63) is 22.4 Å². The van der Waals surface area contributed by atoms with Crippen LogP contribution in [0, 0.1) is 0 Å². The van der Waals surface area contributed by atoms with E-state index in [0.717, 1.165) is 5.56 Å². The lowest BCUT2D eigenvalue weighted by Gasteiger charge is -2.20. The van der Waals surface area contributed by atoms with E-state index < -0.39 is 15.3 Å². The monoisotopic (exact) mass is 278 g/mol. The molecule has 0 aliphatic rings. The van der Waals surface area contributed by atoms with Crippen LogP contribution in [-0.4, -0.2) is 30.0 Å². The molecule has 0 saturated carbocycles. The Morgan fingerprint density at radius 3 is 2.75 bits per heavy atom. The minimum absolute atomic E-state index is 0.00262. The topological polar surface area (TPSA) is 63.4 Å². The summed E-state index contributed by atoms with van der Waals surface area (Å²) in [6.07, 6.45) is 0. The summed E-state index contributed by atoms with van der Waals surface area (Å²) in [5, 5.41) is 3.00. The average molecular weight is 278 g/mol. The molecule has 0 bridgehead atoms. The number of nitrogens with two attached hydrogens (primary N) is 1. The van der Waals surface area contributed by atoms with Crippen molar-refractivity contribution in [3.63, 3.8) is 0 Å². The fraction of sp³-hybridized carbons (Fsp3) is 0.444. The molecule has 0 aromatic carbocycles. The van der Waals surface area contributed by atoms with Gasteiger partial charge >= 0.3 is 0 Å². The summed E-state index contributed by atoms with van der Waals surface area (Å²) in [5.41, 5.74) is 6.33. The molecule has 0 aliphatic heterocycles. The van der Waals surface area contributed by atoms with Crippen LogP contribution in [0.25, 0.3) is 0 Å². The van der Waals surface area contributed by atoms with Crippen LogP contribution in [0.15, 0.2) is 16.8 Å². The van der Waals surface area contributed by atoms with Crippen molar-refractivity contribution >= 4 is 38.6 Å². The van der Waals surface area contributed by atoms with Crippen LogP contribution in [0.4, 0.5) is 0 Å². The van der Waals surface area contributed by atoms with E-state index in [1.165, 1.54) is 29.6 Å². The Kier molecular flexibility index (Phi) is 4.43. The highest BCUT2D eigenvalue weighted by molar-refractivity contribution is 7.92. The number of hydrogen-bond donors (Lipinski definition) is 1. The molecule has 0 aliphatic carbocycles. The van der Waals surface area contributed by atoms with Gasteiger partial charge in [0, 0.05) is 13.6 Å². The molecule has 1 aromatic rings. The molecule has 4 nitrogen and oxygen atoms in total. The van der Waals surface area contributed by atoms with E-state index in [1.54, 1.807) is 0 Å². The summed E-state index contributed by atoms with van der Waals surface area (Å²) in [7, 11) is -1.91. The summed E-state index contributed by atoms with van der Waals surface area (Å²) in [6, 6.07) is 1.89. The predicted octanol–water partition coefficient (Wildman–Crippen LogP) is 1.18. The van der Waals surface area contributed by atoms with Crippen molar-refractivity contribution in [2.45, 2.75) is 18.7 Å². The number of rotatable bonds is 5. The Morgan fingerprint density at radius 1 is 1.69 bits per heavy atom. The molecule has 2 N–H and O–H groups in total. The molecule has 1 rings (SSSR count).